The van der Waals surface area contributed by atoms with E-state index in [1.807, 2.05) is 27.7 Å². The first-order valence-corrected chi connectivity index (χ1v) is 8.16. The molecule has 2 N–H and O–H groups in total. The molecule has 0 saturated heterocycles. The first-order valence-electron chi connectivity index (χ1n) is 6.51. The number of hydrogen-bond acceptors (Lipinski definition) is 4. The first-order chi connectivity index (χ1) is 9.12. The molecule has 7 heteroatoms. The molecular weight excluding hydrogens is 276 g/mol. The van der Waals surface area contributed by atoms with Gasteiger partial charge in [-0.05, 0) is 19.9 Å². The lowest BCUT2D eigenvalue weighted by molar-refractivity contribution is 0.571. The van der Waals surface area contributed by atoms with E-state index >= 15 is 0 Å². The molecule has 2 rings (SSSR count). The molecule has 0 unspecified atom stereocenters. The van der Waals surface area contributed by atoms with E-state index in [0.717, 1.165) is 5.69 Å². The Labute approximate surface area is 119 Å². The van der Waals surface area contributed by atoms with Crippen LogP contribution in [-0.4, -0.2) is 29.1 Å². The highest BCUT2D eigenvalue weighted by Crippen LogP contribution is 2.28. The van der Waals surface area contributed by atoms with E-state index in [1.165, 1.54) is 0 Å². The molecule has 2 heterocycles. The van der Waals surface area contributed by atoms with Crippen LogP contribution in [0.4, 0.5) is 5.69 Å². The van der Waals surface area contributed by atoms with Crippen molar-refractivity contribution in [1.29, 1.82) is 0 Å². The molecule has 2 aromatic rings. The van der Waals surface area contributed by atoms with Crippen molar-refractivity contribution in [2.24, 2.45) is 0 Å². The second kappa shape index (κ2) is 4.73. The van der Waals surface area contributed by atoms with Crippen molar-refractivity contribution in [3.8, 4) is 0 Å². The summed E-state index contributed by atoms with van der Waals surface area (Å²) in [5, 5.41) is 0. The molecule has 2 aromatic heterocycles. The maximum absolute atomic E-state index is 11.8. The van der Waals surface area contributed by atoms with Gasteiger partial charge < -0.3 is 4.98 Å². The van der Waals surface area contributed by atoms with Crippen molar-refractivity contribution in [3.05, 3.63) is 17.6 Å². The summed E-state index contributed by atoms with van der Waals surface area (Å²) in [6, 6.07) is 1.77. The molecule has 0 saturated carbocycles. The number of rotatable bonds is 3. The van der Waals surface area contributed by atoms with Crippen LogP contribution in [0.3, 0.4) is 0 Å². The summed E-state index contributed by atoms with van der Waals surface area (Å²) >= 11 is 0. The van der Waals surface area contributed by atoms with Gasteiger partial charge in [0.15, 0.2) is 5.65 Å². The Morgan fingerprint density at radius 2 is 1.95 bits per heavy atom. The van der Waals surface area contributed by atoms with Crippen LogP contribution in [0.2, 0.25) is 0 Å². The average Bonchev–Trinajstić information content (AvgIpc) is 2.68. The zero-order valence-electron chi connectivity index (χ0n) is 12.4. The van der Waals surface area contributed by atoms with Crippen LogP contribution in [0.5, 0.6) is 0 Å². The highest BCUT2D eigenvalue weighted by molar-refractivity contribution is 7.92. The number of imidazole rings is 1. The highest BCUT2D eigenvalue weighted by Gasteiger charge is 2.21. The topological polar surface area (TPSA) is 87.7 Å². The van der Waals surface area contributed by atoms with Gasteiger partial charge in [-0.25, -0.2) is 18.4 Å². The van der Waals surface area contributed by atoms with Crippen molar-refractivity contribution >= 4 is 26.9 Å². The van der Waals surface area contributed by atoms with Gasteiger partial charge in [0.25, 0.3) is 0 Å². The van der Waals surface area contributed by atoms with E-state index < -0.39 is 10.0 Å². The minimum absolute atomic E-state index is 0.0226. The fourth-order valence-electron chi connectivity index (χ4n) is 1.81. The third kappa shape index (κ3) is 2.92. The number of aromatic nitrogens is 3. The molecule has 0 bridgehead atoms. The van der Waals surface area contributed by atoms with Crippen molar-refractivity contribution in [2.45, 2.75) is 40.0 Å². The fraction of sp³-hybridized carbons (Fsp3) is 0.538. The third-order valence-electron chi connectivity index (χ3n) is 2.99. The molecule has 0 amide bonds. The Kier molecular flexibility index (Phi) is 3.49. The Bertz CT molecular complexity index is 742. The lowest BCUT2D eigenvalue weighted by Gasteiger charge is -2.19. The minimum Gasteiger partial charge on any atom is -0.339 e. The van der Waals surface area contributed by atoms with Crippen LogP contribution in [0.15, 0.2) is 6.07 Å². The summed E-state index contributed by atoms with van der Waals surface area (Å²) in [7, 11) is -3.34. The molecule has 0 aliphatic heterocycles. The van der Waals surface area contributed by atoms with Gasteiger partial charge in [0.1, 0.15) is 11.3 Å². The minimum atomic E-state index is -3.34. The van der Waals surface area contributed by atoms with Gasteiger partial charge >= 0.3 is 0 Å². The summed E-state index contributed by atoms with van der Waals surface area (Å²) in [6.07, 6.45) is 0. The molecule has 0 aromatic carbocycles. The van der Waals surface area contributed by atoms with Gasteiger partial charge in [-0.3, -0.25) is 4.72 Å². The quantitative estimate of drug-likeness (QED) is 0.910. The normalized spacial score (nSPS) is 12.8. The highest BCUT2D eigenvalue weighted by atomic mass is 32.2. The van der Waals surface area contributed by atoms with Crippen LogP contribution >= 0.6 is 0 Å². The van der Waals surface area contributed by atoms with Gasteiger partial charge in [0, 0.05) is 5.41 Å². The van der Waals surface area contributed by atoms with E-state index in [0.29, 0.717) is 22.7 Å². The zero-order chi connectivity index (χ0) is 15.1. The maximum atomic E-state index is 11.8. The number of anilines is 1. The second-order valence-corrected chi connectivity index (χ2v) is 7.84. The predicted molar refractivity (Wildman–Crippen MR) is 80.4 cm³/mol. The lowest BCUT2D eigenvalue weighted by atomic mass is 9.91. The van der Waals surface area contributed by atoms with E-state index in [1.54, 1.807) is 13.0 Å². The monoisotopic (exact) mass is 296 g/mol. The van der Waals surface area contributed by atoms with Crippen LogP contribution in [0.1, 0.15) is 39.2 Å². The Morgan fingerprint density at radius 3 is 2.50 bits per heavy atom. The van der Waals surface area contributed by atoms with Crippen molar-refractivity contribution in [3.63, 3.8) is 0 Å². The van der Waals surface area contributed by atoms with Gasteiger partial charge in [0.2, 0.25) is 10.0 Å². The van der Waals surface area contributed by atoms with Crippen molar-refractivity contribution < 1.29 is 8.42 Å². The maximum Gasteiger partial charge on any atom is 0.232 e. The van der Waals surface area contributed by atoms with E-state index in [9.17, 15) is 8.42 Å². The Hall–Kier alpha value is -1.63. The van der Waals surface area contributed by atoms with E-state index in [2.05, 4.69) is 19.7 Å². The number of H-pyrrole nitrogens is 1. The van der Waals surface area contributed by atoms with Crippen LogP contribution < -0.4 is 4.72 Å². The standard InChI is InChI=1S/C13H20N4O2S/c1-6-20(18,19)17-9-7-10(13(3,4)5)16-12-11(9)14-8(2)15-12/h7H,6H2,1-5H3,(H2,14,15,16,17). The van der Waals surface area contributed by atoms with Crippen LogP contribution in [0.25, 0.3) is 11.2 Å². The molecule has 0 radical (unpaired) electrons. The predicted octanol–water partition coefficient (Wildman–Crippen LogP) is 2.33. The SMILES string of the molecule is CCS(=O)(=O)Nc1cc(C(C)(C)C)nc2nc(C)[nH]c12. The number of aromatic amines is 1. The second-order valence-electron chi connectivity index (χ2n) is 5.83. The average molecular weight is 296 g/mol. The molecule has 6 nitrogen and oxygen atoms in total. The molecule has 110 valence electrons. The molecule has 0 atom stereocenters. The lowest BCUT2D eigenvalue weighted by Crippen LogP contribution is -2.18. The summed E-state index contributed by atoms with van der Waals surface area (Å²) in [5.41, 5.74) is 2.26. The van der Waals surface area contributed by atoms with Gasteiger partial charge in [-0.2, -0.15) is 0 Å². The molecule has 0 aliphatic carbocycles. The number of pyridine rings is 1. The first kappa shape index (κ1) is 14.8. The molecule has 0 spiro atoms. The molecule has 20 heavy (non-hydrogen) atoms. The summed E-state index contributed by atoms with van der Waals surface area (Å²) in [4.78, 5) is 11.9. The largest absolute Gasteiger partial charge is 0.339 e. The van der Waals surface area contributed by atoms with Crippen LogP contribution in [-0.2, 0) is 15.4 Å². The van der Waals surface area contributed by atoms with E-state index in [4.69, 9.17) is 0 Å². The number of fused-ring (bicyclic) bond motifs is 1. The summed E-state index contributed by atoms with van der Waals surface area (Å²) in [5.74, 6) is 0.727. The Morgan fingerprint density at radius 1 is 1.30 bits per heavy atom. The Balaban J connectivity index is 2.67. The summed E-state index contributed by atoms with van der Waals surface area (Å²) in [6.45, 7) is 9.50. The third-order valence-corrected chi connectivity index (χ3v) is 4.28. The number of hydrogen-bond donors (Lipinski definition) is 2. The smallest absolute Gasteiger partial charge is 0.232 e. The molecule has 0 aliphatic rings. The van der Waals surface area contributed by atoms with Gasteiger partial charge in [0.05, 0.1) is 17.1 Å². The fourth-order valence-corrected chi connectivity index (χ4v) is 2.45. The number of sulfonamides is 1. The van der Waals surface area contributed by atoms with Gasteiger partial charge in [-0.1, -0.05) is 20.8 Å². The number of nitrogens with zero attached hydrogens (tertiary/aromatic N) is 2. The van der Waals surface area contributed by atoms with Crippen LogP contribution in [0, 0.1) is 6.92 Å². The van der Waals surface area contributed by atoms with E-state index in [-0.39, 0.29) is 11.2 Å². The van der Waals surface area contributed by atoms with Crippen molar-refractivity contribution in [1.82, 2.24) is 15.0 Å². The van der Waals surface area contributed by atoms with Gasteiger partial charge in [-0.15, -0.1) is 0 Å². The molecule has 0 fully saturated rings. The summed E-state index contributed by atoms with van der Waals surface area (Å²) < 4.78 is 26.2. The molecular formula is C13H20N4O2S. The van der Waals surface area contributed by atoms with Crippen molar-refractivity contribution in [2.75, 3.05) is 10.5 Å². The zero-order valence-corrected chi connectivity index (χ0v) is 13.2. The number of aryl methyl sites for hydroxylation is 1. The number of nitrogens with one attached hydrogen (secondary N) is 2.